The molecule has 0 radical (unpaired) electrons. The summed E-state index contributed by atoms with van der Waals surface area (Å²) in [5.41, 5.74) is 10.9. The van der Waals surface area contributed by atoms with Crippen molar-refractivity contribution in [1.82, 2.24) is 4.90 Å². The molecule has 1 aliphatic heterocycles. The second-order valence-corrected chi connectivity index (χ2v) is 4.81. The number of likely N-dealkylation sites (tertiary alicyclic amines) is 1. The topological polar surface area (TPSA) is 89.4 Å². The minimum Gasteiger partial charge on any atom is -0.393 e. The highest BCUT2D eigenvalue weighted by Gasteiger charge is 2.36. The van der Waals surface area contributed by atoms with Gasteiger partial charge in [-0.3, -0.25) is 9.59 Å². The molecule has 1 aliphatic rings. The fraction of sp³-hybridized carbons (Fsp3) is 0.727. The van der Waals surface area contributed by atoms with Gasteiger partial charge < -0.3 is 16.4 Å². The zero-order valence-corrected chi connectivity index (χ0v) is 10.8. The Bertz CT molecular complexity index is 333. The van der Waals surface area contributed by atoms with Crippen molar-refractivity contribution in [3.63, 3.8) is 0 Å². The van der Waals surface area contributed by atoms with Crippen molar-refractivity contribution in [3.8, 4) is 0 Å². The van der Waals surface area contributed by atoms with Crippen LogP contribution in [0.3, 0.4) is 0 Å². The smallest absolute Gasteiger partial charge is 0.240 e. The van der Waals surface area contributed by atoms with E-state index >= 15 is 0 Å². The number of rotatable bonds is 5. The summed E-state index contributed by atoms with van der Waals surface area (Å²) in [6, 6.07) is -0.490. The molecule has 1 heterocycles. The van der Waals surface area contributed by atoms with Crippen molar-refractivity contribution >= 4 is 29.0 Å². The molecule has 0 bridgehead atoms. The molecule has 1 rings (SSSR count). The van der Waals surface area contributed by atoms with E-state index < -0.39 is 17.9 Å². The lowest BCUT2D eigenvalue weighted by Crippen LogP contribution is -2.48. The van der Waals surface area contributed by atoms with Gasteiger partial charge in [-0.1, -0.05) is 25.6 Å². The Morgan fingerprint density at radius 2 is 2.12 bits per heavy atom. The molecule has 0 aliphatic carbocycles. The van der Waals surface area contributed by atoms with Crippen LogP contribution in [0.5, 0.6) is 0 Å². The van der Waals surface area contributed by atoms with Crippen molar-refractivity contribution in [2.75, 3.05) is 6.54 Å². The summed E-state index contributed by atoms with van der Waals surface area (Å²) in [7, 11) is 0. The maximum Gasteiger partial charge on any atom is 0.240 e. The molecule has 0 aromatic rings. The Labute approximate surface area is 107 Å². The molecule has 6 heteroatoms. The number of amides is 2. The highest BCUT2D eigenvalue weighted by Crippen LogP contribution is 2.21. The number of hydrogen-bond acceptors (Lipinski definition) is 3. The van der Waals surface area contributed by atoms with Crippen LogP contribution in [0.15, 0.2) is 0 Å². The van der Waals surface area contributed by atoms with Gasteiger partial charge in [-0.15, -0.1) is 0 Å². The highest BCUT2D eigenvalue weighted by atomic mass is 32.1. The van der Waals surface area contributed by atoms with Crippen molar-refractivity contribution in [2.24, 2.45) is 17.4 Å². The normalized spacial score (nSPS) is 21.2. The Hall–Kier alpha value is -1.17. The summed E-state index contributed by atoms with van der Waals surface area (Å²) in [4.78, 5) is 25.2. The molecule has 2 atom stereocenters. The number of nitrogens with two attached hydrogens (primary N) is 2. The molecular formula is C11H19N3O2S. The fourth-order valence-corrected chi connectivity index (χ4v) is 2.42. The summed E-state index contributed by atoms with van der Waals surface area (Å²) in [6.45, 7) is 2.53. The van der Waals surface area contributed by atoms with Crippen LogP contribution in [-0.2, 0) is 9.59 Å². The number of carbonyl (C=O) groups excluding carboxylic acids is 2. The zero-order chi connectivity index (χ0) is 13.0. The second kappa shape index (κ2) is 5.95. The fourth-order valence-electron chi connectivity index (χ4n) is 2.20. The number of hydrogen-bond donors (Lipinski definition) is 2. The summed E-state index contributed by atoms with van der Waals surface area (Å²) < 4.78 is 0. The zero-order valence-electron chi connectivity index (χ0n) is 10.0. The largest absolute Gasteiger partial charge is 0.393 e. The van der Waals surface area contributed by atoms with E-state index in [9.17, 15) is 9.59 Å². The maximum atomic E-state index is 12.2. The van der Waals surface area contributed by atoms with Gasteiger partial charge in [0.1, 0.15) is 6.04 Å². The Kier molecular flexibility index (Phi) is 4.86. The number of thiocarbonyl (C=S) groups is 1. The molecule has 4 N–H and O–H groups in total. The van der Waals surface area contributed by atoms with Crippen molar-refractivity contribution < 1.29 is 9.59 Å². The lowest BCUT2D eigenvalue weighted by molar-refractivity contribution is -0.139. The molecule has 0 saturated carbocycles. The highest BCUT2D eigenvalue weighted by molar-refractivity contribution is 7.80. The molecule has 5 nitrogen and oxygen atoms in total. The van der Waals surface area contributed by atoms with Crippen LogP contribution in [0.2, 0.25) is 0 Å². The molecule has 2 unspecified atom stereocenters. The summed E-state index contributed by atoms with van der Waals surface area (Å²) in [6.07, 6.45) is 2.88. The monoisotopic (exact) mass is 257 g/mol. The molecule has 1 fully saturated rings. The van der Waals surface area contributed by atoms with Gasteiger partial charge in [0, 0.05) is 6.54 Å². The molecule has 96 valence electrons. The average Bonchev–Trinajstić information content (AvgIpc) is 2.73. The molecule has 2 amide bonds. The van der Waals surface area contributed by atoms with E-state index in [-0.39, 0.29) is 10.9 Å². The lowest BCUT2D eigenvalue weighted by atomic mass is 10.0. The Morgan fingerprint density at radius 3 is 2.59 bits per heavy atom. The van der Waals surface area contributed by atoms with E-state index in [1.165, 1.54) is 4.90 Å². The number of carbonyl (C=O) groups is 2. The third-order valence-corrected chi connectivity index (χ3v) is 3.37. The Morgan fingerprint density at radius 1 is 1.47 bits per heavy atom. The molecular weight excluding hydrogens is 238 g/mol. The van der Waals surface area contributed by atoms with Gasteiger partial charge in [-0.25, -0.2) is 0 Å². The van der Waals surface area contributed by atoms with Gasteiger partial charge in [-0.05, 0) is 19.3 Å². The molecule has 0 aromatic carbocycles. The summed E-state index contributed by atoms with van der Waals surface area (Å²) in [5, 5.41) is 0. The van der Waals surface area contributed by atoms with Gasteiger partial charge in [0.2, 0.25) is 11.8 Å². The molecule has 1 saturated heterocycles. The van der Waals surface area contributed by atoms with Crippen LogP contribution >= 0.6 is 12.2 Å². The minimum absolute atomic E-state index is 0.152. The van der Waals surface area contributed by atoms with Crippen molar-refractivity contribution in [1.29, 1.82) is 0 Å². The lowest BCUT2D eigenvalue weighted by Gasteiger charge is -2.26. The average molecular weight is 257 g/mol. The van der Waals surface area contributed by atoms with Crippen LogP contribution in [0.1, 0.15) is 32.6 Å². The molecule has 0 aromatic heterocycles. The van der Waals surface area contributed by atoms with Crippen LogP contribution in [-0.4, -0.2) is 34.3 Å². The second-order valence-electron chi connectivity index (χ2n) is 4.34. The summed E-state index contributed by atoms with van der Waals surface area (Å²) >= 11 is 4.91. The molecule has 0 spiro atoms. The van der Waals surface area contributed by atoms with E-state index in [0.717, 1.165) is 12.8 Å². The van der Waals surface area contributed by atoms with Crippen LogP contribution < -0.4 is 11.5 Å². The van der Waals surface area contributed by atoms with E-state index in [1.54, 1.807) is 0 Å². The van der Waals surface area contributed by atoms with Crippen LogP contribution in [0.4, 0.5) is 0 Å². The first-order valence-corrected chi connectivity index (χ1v) is 6.29. The predicted octanol–water partition coefficient (Wildman–Crippen LogP) is 0.165. The molecule has 17 heavy (non-hydrogen) atoms. The van der Waals surface area contributed by atoms with E-state index in [4.69, 9.17) is 23.7 Å². The SMILES string of the molecule is CCCC(C(=O)N1CCCC1C(N)=O)C(N)=S. The third-order valence-electron chi connectivity index (χ3n) is 3.08. The number of nitrogens with zero attached hydrogens (tertiary/aromatic N) is 1. The van der Waals surface area contributed by atoms with Gasteiger partial charge in [0.25, 0.3) is 0 Å². The van der Waals surface area contributed by atoms with E-state index in [1.807, 2.05) is 6.92 Å². The van der Waals surface area contributed by atoms with Gasteiger partial charge >= 0.3 is 0 Å². The van der Waals surface area contributed by atoms with Crippen LogP contribution in [0.25, 0.3) is 0 Å². The quantitative estimate of drug-likeness (QED) is 0.687. The standard InChI is InChI=1S/C11H19N3O2S/c1-2-4-7(10(13)17)11(16)14-6-3-5-8(14)9(12)15/h7-8H,2-6H2,1H3,(H2,12,15)(H2,13,17). The number of primary amides is 1. The van der Waals surface area contributed by atoms with Gasteiger partial charge in [-0.2, -0.15) is 0 Å². The third kappa shape index (κ3) is 3.15. The van der Waals surface area contributed by atoms with E-state index in [2.05, 4.69) is 0 Å². The summed E-state index contributed by atoms with van der Waals surface area (Å²) in [5.74, 6) is -1.07. The first-order valence-electron chi connectivity index (χ1n) is 5.88. The predicted molar refractivity (Wildman–Crippen MR) is 69.1 cm³/mol. The Balaban J connectivity index is 2.79. The first-order chi connectivity index (χ1) is 7.99. The van der Waals surface area contributed by atoms with Crippen molar-refractivity contribution in [3.05, 3.63) is 0 Å². The van der Waals surface area contributed by atoms with Crippen molar-refractivity contribution in [2.45, 2.75) is 38.6 Å². The minimum atomic E-state index is -0.490. The van der Waals surface area contributed by atoms with Gasteiger partial charge in [0.15, 0.2) is 0 Å². The van der Waals surface area contributed by atoms with E-state index in [0.29, 0.717) is 19.4 Å². The van der Waals surface area contributed by atoms with Crippen LogP contribution in [0, 0.1) is 5.92 Å². The maximum absolute atomic E-state index is 12.2. The first kappa shape index (κ1) is 13.9. The van der Waals surface area contributed by atoms with Gasteiger partial charge in [0.05, 0.1) is 10.9 Å².